The maximum atomic E-state index is 5.24. The highest BCUT2D eigenvalue weighted by molar-refractivity contribution is 14.0. The largest absolute Gasteiger partial charge is 0.497 e. The van der Waals surface area contributed by atoms with Crippen molar-refractivity contribution in [3.8, 4) is 5.75 Å². The average Bonchev–Trinajstić information content (AvgIpc) is 2.53. The molecule has 0 spiro atoms. The summed E-state index contributed by atoms with van der Waals surface area (Å²) in [5, 5.41) is 6.71. The zero-order valence-corrected chi connectivity index (χ0v) is 18.1. The van der Waals surface area contributed by atoms with E-state index < -0.39 is 0 Å². The third kappa shape index (κ3) is 8.19. The Balaban J connectivity index is 0.00000529. The van der Waals surface area contributed by atoms with E-state index in [9.17, 15) is 0 Å². The molecule has 1 rings (SSSR count). The van der Waals surface area contributed by atoms with Crippen LogP contribution < -0.4 is 15.4 Å². The lowest BCUT2D eigenvalue weighted by Crippen LogP contribution is -2.45. The van der Waals surface area contributed by atoms with E-state index in [1.165, 1.54) is 5.56 Å². The van der Waals surface area contributed by atoms with Crippen LogP contribution in [0, 0.1) is 0 Å². The van der Waals surface area contributed by atoms with Gasteiger partial charge in [0, 0.05) is 38.8 Å². The van der Waals surface area contributed by atoms with Crippen molar-refractivity contribution in [1.29, 1.82) is 0 Å². The molecule has 24 heavy (non-hydrogen) atoms. The molecule has 0 bridgehead atoms. The predicted octanol–water partition coefficient (Wildman–Crippen LogP) is 3.10. The van der Waals surface area contributed by atoms with Crippen LogP contribution in [0.25, 0.3) is 0 Å². The number of rotatable bonds is 8. The summed E-state index contributed by atoms with van der Waals surface area (Å²) >= 11 is 0. The van der Waals surface area contributed by atoms with E-state index in [1.54, 1.807) is 14.2 Å². The Kier molecular flexibility index (Phi) is 11.8. The summed E-state index contributed by atoms with van der Waals surface area (Å²) in [5.41, 5.74) is 1.17. The van der Waals surface area contributed by atoms with Crippen molar-refractivity contribution >= 4 is 29.9 Å². The smallest absolute Gasteiger partial charge is 0.191 e. The summed E-state index contributed by atoms with van der Waals surface area (Å²) in [6.45, 7) is 11.5. The highest BCUT2D eigenvalue weighted by Gasteiger charge is 2.12. The Morgan fingerprint density at radius 2 is 1.83 bits per heavy atom. The minimum absolute atomic E-state index is 0. The first-order valence-corrected chi connectivity index (χ1v) is 8.31. The molecule has 0 atom stereocenters. The lowest BCUT2D eigenvalue weighted by molar-refractivity contribution is 0.178. The number of aliphatic imine (C=N–C) groups is 1. The minimum Gasteiger partial charge on any atom is -0.497 e. The molecule has 6 heteroatoms. The summed E-state index contributed by atoms with van der Waals surface area (Å²) < 4.78 is 5.24. The van der Waals surface area contributed by atoms with Crippen molar-refractivity contribution in [1.82, 2.24) is 15.5 Å². The number of guanidine groups is 1. The molecule has 0 heterocycles. The maximum Gasteiger partial charge on any atom is 0.191 e. The third-order valence-corrected chi connectivity index (χ3v) is 3.81. The van der Waals surface area contributed by atoms with Crippen molar-refractivity contribution < 1.29 is 4.74 Å². The first-order valence-electron chi connectivity index (χ1n) is 8.31. The van der Waals surface area contributed by atoms with Gasteiger partial charge in [0.05, 0.1) is 7.11 Å². The number of hydrogen-bond donors (Lipinski definition) is 2. The van der Waals surface area contributed by atoms with Crippen molar-refractivity contribution in [2.75, 3.05) is 27.2 Å². The maximum absolute atomic E-state index is 5.24. The zero-order valence-electron chi connectivity index (χ0n) is 15.8. The molecule has 0 unspecified atom stereocenters. The molecule has 0 radical (unpaired) electrons. The van der Waals surface area contributed by atoms with E-state index in [0.717, 1.165) is 31.3 Å². The summed E-state index contributed by atoms with van der Waals surface area (Å²) in [5.74, 6) is 1.69. The van der Waals surface area contributed by atoms with Gasteiger partial charge >= 0.3 is 0 Å². The molecule has 1 aromatic rings. The number of nitrogens with zero attached hydrogens (tertiary/aromatic N) is 2. The molecule has 0 aliphatic carbocycles. The topological polar surface area (TPSA) is 48.9 Å². The summed E-state index contributed by atoms with van der Waals surface area (Å²) in [6, 6.07) is 9.13. The van der Waals surface area contributed by atoms with E-state index in [2.05, 4.69) is 54.3 Å². The van der Waals surface area contributed by atoms with Crippen LogP contribution in [0.4, 0.5) is 0 Å². The monoisotopic (exact) mass is 448 g/mol. The van der Waals surface area contributed by atoms with Crippen molar-refractivity contribution in [3.05, 3.63) is 29.8 Å². The molecule has 0 saturated heterocycles. The Labute approximate surface area is 164 Å². The van der Waals surface area contributed by atoms with Crippen LogP contribution in [0.2, 0.25) is 0 Å². The van der Waals surface area contributed by atoms with Crippen LogP contribution in [0.15, 0.2) is 29.3 Å². The van der Waals surface area contributed by atoms with Gasteiger partial charge in [-0.25, -0.2) is 0 Å². The summed E-state index contributed by atoms with van der Waals surface area (Å²) in [7, 11) is 3.48. The molecule has 0 fully saturated rings. The second-order valence-corrected chi connectivity index (χ2v) is 6.13. The van der Waals surface area contributed by atoms with Gasteiger partial charge in [-0.05, 0) is 45.4 Å². The Morgan fingerprint density at radius 3 is 2.38 bits per heavy atom. The second-order valence-electron chi connectivity index (χ2n) is 6.13. The fourth-order valence-electron chi connectivity index (χ4n) is 2.60. The summed E-state index contributed by atoms with van der Waals surface area (Å²) in [6.07, 6.45) is 0. The first-order chi connectivity index (χ1) is 11.0. The molecule has 138 valence electrons. The Morgan fingerprint density at radius 1 is 1.17 bits per heavy atom. The van der Waals surface area contributed by atoms with Gasteiger partial charge in [0.2, 0.25) is 0 Å². The molecule has 5 nitrogen and oxygen atoms in total. The molecule has 0 aromatic heterocycles. The lowest BCUT2D eigenvalue weighted by Gasteiger charge is -2.30. The van der Waals surface area contributed by atoms with E-state index in [-0.39, 0.29) is 24.0 Å². The van der Waals surface area contributed by atoms with Gasteiger partial charge in [0.1, 0.15) is 5.75 Å². The van der Waals surface area contributed by atoms with Crippen LogP contribution in [0.1, 0.15) is 33.3 Å². The number of nitrogens with one attached hydrogen (secondary N) is 2. The molecule has 0 amide bonds. The van der Waals surface area contributed by atoms with E-state index in [4.69, 9.17) is 4.74 Å². The second kappa shape index (κ2) is 12.4. The number of hydrogen-bond acceptors (Lipinski definition) is 3. The molecular formula is C18H33IN4O. The van der Waals surface area contributed by atoms with Crippen molar-refractivity contribution in [2.24, 2.45) is 4.99 Å². The zero-order chi connectivity index (χ0) is 17.2. The minimum atomic E-state index is 0. The SMILES string of the molecule is CN=C(NCCN(C(C)C)C(C)C)NCc1cccc(OC)c1.I. The van der Waals surface area contributed by atoms with Gasteiger partial charge in [-0.15, -0.1) is 24.0 Å². The van der Waals surface area contributed by atoms with Crippen LogP contribution >= 0.6 is 24.0 Å². The quantitative estimate of drug-likeness (QED) is 0.365. The van der Waals surface area contributed by atoms with E-state index >= 15 is 0 Å². The van der Waals surface area contributed by atoms with Gasteiger partial charge in [0.15, 0.2) is 5.96 Å². The van der Waals surface area contributed by atoms with Gasteiger partial charge in [-0.1, -0.05) is 12.1 Å². The normalized spacial score (nSPS) is 11.6. The van der Waals surface area contributed by atoms with Crippen molar-refractivity contribution in [3.63, 3.8) is 0 Å². The molecular weight excluding hydrogens is 415 g/mol. The highest BCUT2D eigenvalue weighted by Crippen LogP contribution is 2.12. The first kappa shape index (κ1) is 23.0. The van der Waals surface area contributed by atoms with Crippen molar-refractivity contribution in [2.45, 2.75) is 46.3 Å². The van der Waals surface area contributed by atoms with E-state index in [0.29, 0.717) is 12.1 Å². The molecule has 1 aromatic carbocycles. The van der Waals surface area contributed by atoms with E-state index in [1.807, 2.05) is 18.2 Å². The number of ether oxygens (including phenoxy) is 1. The van der Waals surface area contributed by atoms with Crippen LogP contribution in [-0.4, -0.2) is 50.2 Å². The summed E-state index contributed by atoms with van der Waals surface area (Å²) in [4.78, 5) is 6.74. The lowest BCUT2D eigenvalue weighted by atomic mass is 10.2. The Bertz CT molecular complexity index is 484. The number of methoxy groups -OCH3 is 1. The Hall–Kier alpha value is -1.02. The van der Waals surface area contributed by atoms with Gasteiger partial charge < -0.3 is 15.4 Å². The number of halogens is 1. The molecule has 0 saturated carbocycles. The van der Waals surface area contributed by atoms with Crippen LogP contribution in [0.3, 0.4) is 0 Å². The van der Waals surface area contributed by atoms with Gasteiger partial charge in [0.25, 0.3) is 0 Å². The third-order valence-electron chi connectivity index (χ3n) is 3.81. The number of benzene rings is 1. The average molecular weight is 448 g/mol. The standard InChI is InChI=1S/C18H32N4O.HI/c1-14(2)22(15(3)4)11-10-20-18(19-5)21-13-16-8-7-9-17(12-16)23-6;/h7-9,12,14-15H,10-11,13H2,1-6H3,(H2,19,20,21);1H. The van der Waals surface area contributed by atoms with Gasteiger partial charge in [-0.3, -0.25) is 9.89 Å². The fraction of sp³-hybridized carbons (Fsp3) is 0.611. The molecule has 0 aliphatic rings. The predicted molar refractivity (Wildman–Crippen MR) is 114 cm³/mol. The fourth-order valence-corrected chi connectivity index (χ4v) is 2.60. The van der Waals surface area contributed by atoms with Crippen LogP contribution in [-0.2, 0) is 6.54 Å². The molecule has 2 N–H and O–H groups in total. The highest BCUT2D eigenvalue weighted by atomic mass is 127. The van der Waals surface area contributed by atoms with Crippen LogP contribution in [0.5, 0.6) is 5.75 Å². The molecule has 0 aliphatic heterocycles. The van der Waals surface area contributed by atoms with Gasteiger partial charge in [-0.2, -0.15) is 0 Å².